The maximum atomic E-state index is 12.5. The molecular weight excluding hydrogens is 230 g/mol. The first-order chi connectivity index (χ1) is 8.54. The van der Waals surface area contributed by atoms with Gasteiger partial charge < -0.3 is 9.64 Å². The number of rotatable bonds is 3. The number of nitrogens with zero attached hydrogens (tertiary/aromatic N) is 3. The third-order valence-corrected chi connectivity index (χ3v) is 3.70. The third kappa shape index (κ3) is 2.27. The molecule has 100 valence electrons. The summed E-state index contributed by atoms with van der Waals surface area (Å²) in [5, 5.41) is 4.30. The number of aryl methyl sites for hydroxylation is 2. The number of methoxy groups -OCH3 is 1. The van der Waals surface area contributed by atoms with E-state index in [9.17, 15) is 4.79 Å². The highest BCUT2D eigenvalue weighted by Crippen LogP contribution is 2.21. The predicted octanol–water partition coefficient (Wildman–Crippen LogP) is 1.15. The largest absolute Gasteiger partial charge is 0.384 e. The zero-order valence-electron chi connectivity index (χ0n) is 11.6. The number of carbonyl (C=O) groups is 1. The van der Waals surface area contributed by atoms with E-state index in [0.29, 0.717) is 5.92 Å². The van der Waals surface area contributed by atoms with Crippen LogP contribution < -0.4 is 0 Å². The zero-order valence-corrected chi connectivity index (χ0v) is 11.6. The number of hydrogen-bond acceptors (Lipinski definition) is 3. The second-order valence-corrected chi connectivity index (χ2v) is 5.03. The lowest BCUT2D eigenvalue weighted by molar-refractivity contribution is 0.0774. The van der Waals surface area contributed by atoms with Crippen LogP contribution >= 0.6 is 0 Å². The van der Waals surface area contributed by atoms with Gasteiger partial charge in [0.05, 0.1) is 17.9 Å². The molecular formula is C13H21N3O2. The van der Waals surface area contributed by atoms with Crippen LogP contribution in [0.2, 0.25) is 0 Å². The summed E-state index contributed by atoms with van der Waals surface area (Å²) in [5.41, 5.74) is 2.51. The van der Waals surface area contributed by atoms with Crippen molar-refractivity contribution < 1.29 is 9.53 Å². The van der Waals surface area contributed by atoms with Gasteiger partial charge in [0, 0.05) is 38.9 Å². The van der Waals surface area contributed by atoms with Gasteiger partial charge >= 0.3 is 0 Å². The molecule has 0 N–H and O–H groups in total. The summed E-state index contributed by atoms with van der Waals surface area (Å²) in [6.45, 7) is 6.18. The van der Waals surface area contributed by atoms with E-state index >= 15 is 0 Å². The number of aromatic nitrogens is 2. The van der Waals surface area contributed by atoms with Gasteiger partial charge in [0.25, 0.3) is 5.91 Å². The zero-order chi connectivity index (χ0) is 13.3. The lowest BCUT2D eigenvalue weighted by Gasteiger charge is -2.16. The van der Waals surface area contributed by atoms with Gasteiger partial charge in [-0.1, -0.05) is 0 Å². The van der Waals surface area contributed by atoms with Crippen molar-refractivity contribution in [2.24, 2.45) is 13.0 Å². The van der Waals surface area contributed by atoms with Gasteiger partial charge in [-0.3, -0.25) is 9.48 Å². The molecule has 0 aliphatic carbocycles. The van der Waals surface area contributed by atoms with Gasteiger partial charge in [-0.15, -0.1) is 0 Å². The Hall–Kier alpha value is -1.36. The summed E-state index contributed by atoms with van der Waals surface area (Å²) >= 11 is 0. The van der Waals surface area contributed by atoms with Gasteiger partial charge in [0.15, 0.2) is 0 Å². The van der Waals surface area contributed by atoms with Crippen LogP contribution in [0.15, 0.2) is 0 Å². The smallest absolute Gasteiger partial charge is 0.257 e. The van der Waals surface area contributed by atoms with E-state index in [1.54, 1.807) is 11.8 Å². The molecule has 0 spiro atoms. The molecule has 1 aromatic rings. The number of likely N-dealkylation sites (tertiary alicyclic amines) is 1. The molecule has 0 bridgehead atoms. The fourth-order valence-electron chi connectivity index (χ4n) is 2.63. The number of ether oxygens (including phenoxy) is 1. The van der Waals surface area contributed by atoms with Gasteiger partial charge in [0.2, 0.25) is 0 Å². The van der Waals surface area contributed by atoms with Crippen LogP contribution in [0, 0.1) is 19.8 Å². The Morgan fingerprint density at radius 1 is 1.50 bits per heavy atom. The first-order valence-corrected chi connectivity index (χ1v) is 6.33. The SMILES string of the molecule is COC[C@H]1CCN(C(=O)c2c(C)nn(C)c2C)C1. The van der Waals surface area contributed by atoms with Gasteiger partial charge in [-0.05, 0) is 20.3 Å². The average Bonchev–Trinajstić information content (AvgIpc) is 2.86. The lowest BCUT2D eigenvalue weighted by atomic mass is 10.1. The van der Waals surface area contributed by atoms with E-state index in [1.165, 1.54) is 0 Å². The fraction of sp³-hybridized carbons (Fsp3) is 0.692. The molecule has 1 fully saturated rings. The molecule has 1 aliphatic heterocycles. The van der Waals surface area contributed by atoms with Crippen LogP contribution in [0.4, 0.5) is 0 Å². The molecule has 0 saturated carbocycles. The Morgan fingerprint density at radius 3 is 2.78 bits per heavy atom. The molecule has 1 amide bonds. The number of carbonyl (C=O) groups excluding carboxylic acids is 1. The summed E-state index contributed by atoms with van der Waals surface area (Å²) in [6.07, 6.45) is 1.03. The Bertz CT molecular complexity index is 453. The quantitative estimate of drug-likeness (QED) is 0.809. The van der Waals surface area contributed by atoms with Crippen molar-refractivity contribution >= 4 is 5.91 Å². The highest BCUT2D eigenvalue weighted by atomic mass is 16.5. The molecule has 5 heteroatoms. The van der Waals surface area contributed by atoms with Gasteiger partial charge in [-0.25, -0.2) is 0 Å². The van der Waals surface area contributed by atoms with Crippen LogP contribution in [0.3, 0.4) is 0 Å². The molecule has 1 aromatic heterocycles. The molecule has 2 heterocycles. The minimum atomic E-state index is 0.108. The van der Waals surface area contributed by atoms with Crippen LogP contribution in [-0.2, 0) is 11.8 Å². The highest BCUT2D eigenvalue weighted by Gasteiger charge is 2.29. The molecule has 5 nitrogen and oxygen atoms in total. The summed E-state index contributed by atoms with van der Waals surface area (Å²) in [4.78, 5) is 14.4. The highest BCUT2D eigenvalue weighted by molar-refractivity contribution is 5.96. The number of hydrogen-bond donors (Lipinski definition) is 0. The normalized spacial score (nSPS) is 19.6. The van der Waals surface area contributed by atoms with Crippen LogP contribution in [0.1, 0.15) is 28.2 Å². The summed E-state index contributed by atoms with van der Waals surface area (Å²) in [7, 11) is 3.58. The maximum Gasteiger partial charge on any atom is 0.257 e. The van der Waals surface area contributed by atoms with E-state index in [1.807, 2.05) is 25.8 Å². The molecule has 0 unspecified atom stereocenters. The molecule has 2 rings (SSSR count). The summed E-state index contributed by atoms with van der Waals surface area (Å²) in [6, 6.07) is 0. The first kappa shape index (κ1) is 13.1. The molecule has 18 heavy (non-hydrogen) atoms. The standard InChI is InChI=1S/C13H21N3O2/c1-9-12(10(2)15(3)14-9)13(17)16-6-5-11(7-16)8-18-4/h11H,5-8H2,1-4H3/t11-/m0/s1. The van der Waals surface area contributed by atoms with Gasteiger partial charge in [-0.2, -0.15) is 5.10 Å². The van der Waals surface area contributed by atoms with Crippen molar-refractivity contribution in [3.63, 3.8) is 0 Å². The van der Waals surface area contributed by atoms with Crippen molar-refractivity contribution in [3.8, 4) is 0 Å². The maximum absolute atomic E-state index is 12.5. The van der Waals surface area contributed by atoms with Crippen molar-refractivity contribution in [2.75, 3.05) is 26.8 Å². The monoisotopic (exact) mass is 251 g/mol. The Morgan fingerprint density at radius 2 is 2.22 bits per heavy atom. The summed E-state index contributed by atoms with van der Waals surface area (Å²) < 4.78 is 6.93. The van der Waals surface area contributed by atoms with Crippen LogP contribution in [0.5, 0.6) is 0 Å². The van der Waals surface area contributed by atoms with Crippen LogP contribution in [-0.4, -0.2) is 47.4 Å². The van der Waals surface area contributed by atoms with Crippen molar-refractivity contribution in [2.45, 2.75) is 20.3 Å². The molecule has 1 atom stereocenters. The second-order valence-electron chi connectivity index (χ2n) is 5.03. The Labute approximate surface area is 108 Å². The predicted molar refractivity (Wildman–Crippen MR) is 68.6 cm³/mol. The minimum Gasteiger partial charge on any atom is -0.384 e. The molecule has 0 radical (unpaired) electrons. The summed E-state index contributed by atoms with van der Waals surface area (Å²) in [5.74, 6) is 0.577. The fourth-order valence-corrected chi connectivity index (χ4v) is 2.63. The molecule has 1 saturated heterocycles. The number of amides is 1. The van der Waals surface area contributed by atoms with Crippen molar-refractivity contribution in [1.29, 1.82) is 0 Å². The Balaban J connectivity index is 2.13. The van der Waals surface area contributed by atoms with E-state index < -0.39 is 0 Å². The van der Waals surface area contributed by atoms with Crippen LogP contribution in [0.25, 0.3) is 0 Å². The third-order valence-electron chi connectivity index (χ3n) is 3.70. The average molecular weight is 251 g/mol. The Kier molecular flexibility index (Phi) is 3.71. The van der Waals surface area contributed by atoms with Crippen molar-refractivity contribution in [3.05, 3.63) is 17.0 Å². The van der Waals surface area contributed by atoms with E-state index in [0.717, 1.165) is 43.1 Å². The molecule has 1 aliphatic rings. The first-order valence-electron chi connectivity index (χ1n) is 6.33. The van der Waals surface area contributed by atoms with E-state index in [4.69, 9.17) is 4.74 Å². The second kappa shape index (κ2) is 5.10. The molecule has 0 aromatic carbocycles. The van der Waals surface area contributed by atoms with E-state index in [2.05, 4.69) is 5.10 Å². The van der Waals surface area contributed by atoms with Gasteiger partial charge in [0.1, 0.15) is 0 Å². The minimum absolute atomic E-state index is 0.108. The topological polar surface area (TPSA) is 47.4 Å². The lowest BCUT2D eigenvalue weighted by Crippen LogP contribution is -2.30. The van der Waals surface area contributed by atoms with E-state index in [-0.39, 0.29) is 5.91 Å². The van der Waals surface area contributed by atoms with Crippen molar-refractivity contribution in [1.82, 2.24) is 14.7 Å².